The van der Waals surface area contributed by atoms with Gasteiger partial charge >= 0.3 is 0 Å². The molecule has 2 aliphatic rings. The fourth-order valence-electron chi connectivity index (χ4n) is 5.96. The second kappa shape index (κ2) is 11.9. The minimum absolute atomic E-state index is 0.0425. The highest BCUT2D eigenvalue weighted by Gasteiger charge is 2.50. The lowest BCUT2D eigenvalue weighted by atomic mass is 9.76. The van der Waals surface area contributed by atoms with Crippen LogP contribution in [0.2, 0.25) is 0 Å². The maximum atomic E-state index is 14.2. The maximum Gasteiger partial charge on any atom is 0.282 e. The first-order valence-corrected chi connectivity index (χ1v) is 13.7. The summed E-state index contributed by atoms with van der Waals surface area (Å²) in [6, 6.07) is 4.38. The Kier molecular flexibility index (Phi) is 8.82. The largest absolute Gasteiger partial charge is 0.434 e. The van der Waals surface area contributed by atoms with Crippen LogP contribution in [0.5, 0.6) is 11.6 Å². The van der Waals surface area contributed by atoms with Crippen LogP contribution in [0.15, 0.2) is 24.5 Å². The zero-order valence-corrected chi connectivity index (χ0v) is 23.2. The Labute approximate surface area is 225 Å². The van der Waals surface area contributed by atoms with E-state index in [1.165, 1.54) is 24.5 Å². The van der Waals surface area contributed by atoms with Crippen LogP contribution in [0.1, 0.15) is 64.2 Å². The molecule has 9 nitrogen and oxygen atoms in total. The van der Waals surface area contributed by atoms with Crippen LogP contribution in [0.3, 0.4) is 0 Å². The Morgan fingerprint density at radius 2 is 2.00 bits per heavy atom. The van der Waals surface area contributed by atoms with Gasteiger partial charge in [-0.2, -0.15) is 0 Å². The molecule has 0 radical (unpaired) electrons. The Hall–Kier alpha value is -2.85. The molecule has 3 heterocycles. The number of hydrogen-bond donors (Lipinski definition) is 1. The molecule has 1 aromatic heterocycles. The number of amides is 1. The normalized spacial score (nSPS) is 17.8. The summed E-state index contributed by atoms with van der Waals surface area (Å²) in [4.78, 5) is 24.1. The molecule has 1 spiro atoms. The molecule has 1 N–H and O–H groups in total. The van der Waals surface area contributed by atoms with Crippen LogP contribution >= 0.6 is 0 Å². The molecule has 0 bridgehead atoms. The number of ether oxygens (including phenoxy) is 1. The van der Waals surface area contributed by atoms with Crippen LogP contribution in [-0.4, -0.2) is 87.4 Å². The van der Waals surface area contributed by atoms with E-state index in [4.69, 9.17) is 4.74 Å². The van der Waals surface area contributed by atoms with Crippen molar-refractivity contribution in [2.24, 2.45) is 11.3 Å². The molecular formula is C28H41FN6O3. The molecule has 2 aromatic rings. The Morgan fingerprint density at radius 3 is 2.66 bits per heavy atom. The van der Waals surface area contributed by atoms with Crippen LogP contribution in [-0.2, 0) is 0 Å². The summed E-state index contributed by atoms with van der Waals surface area (Å²) in [5.41, 5.74) is 0.331. The van der Waals surface area contributed by atoms with Gasteiger partial charge in [-0.1, -0.05) is 13.8 Å². The number of anilines is 1. The average molecular weight is 529 g/mol. The van der Waals surface area contributed by atoms with E-state index in [-0.39, 0.29) is 41.2 Å². The van der Waals surface area contributed by atoms with Crippen molar-refractivity contribution in [2.45, 2.75) is 66.0 Å². The number of aliphatic hydroxyl groups excluding tert-OH is 1. The summed E-state index contributed by atoms with van der Waals surface area (Å²) >= 11 is 0. The second-order valence-corrected chi connectivity index (χ2v) is 11.3. The highest BCUT2D eigenvalue weighted by atomic mass is 19.1. The average Bonchev–Trinajstić information content (AvgIpc) is 3.31. The third-order valence-electron chi connectivity index (χ3n) is 7.89. The molecule has 0 unspecified atom stereocenters. The number of likely N-dealkylation sites (tertiary alicyclic amines) is 1. The Balaban J connectivity index is 1.51. The fraction of sp³-hybridized carbons (Fsp3) is 0.643. The summed E-state index contributed by atoms with van der Waals surface area (Å²) in [7, 11) is 0. The van der Waals surface area contributed by atoms with Crippen LogP contribution in [0.4, 0.5) is 10.2 Å². The molecule has 2 fully saturated rings. The van der Waals surface area contributed by atoms with Gasteiger partial charge in [0.2, 0.25) is 0 Å². The fourth-order valence-corrected chi connectivity index (χ4v) is 5.96. The quantitative estimate of drug-likeness (QED) is 0.468. The van der Waals surface area contributed by atoms with Gasteiger partial charge in [-0.15, -0.1) is 10.2 Å². The lowest BCUT2D eigenvalue weighted by Gasteiger charge is -2.53. The van der Waals surface area contributed by atoms with Crippen LogP contribution in [0.25, 0.3) is 0 Å². The Bertz CT molecular complexity index is 1110. The molecule has 0 aliphatic carbocycles. The van der Waals surface area contributed by atoms with Crippen molar-refractivity contribution >= 4 is 11.7 Å². The molecule has 1 atom stereocenters. The monoisotopic (exact) mass is 528 g/mol. The zero-order chi connectivity index (χ0) is 27.4. The number of hydrogen-bond acceptors (Lipinski definition) is 8. The topological polar surface area (TPSA) is 94.9 Å². The molecule has 0 saturated carbocycles. The van der Waals surface area contributed by atoms with E-state index in [9.17, 15) is 14.3 Å². The van der Waals surface area contributed by atoms with Gasteiger partial charge in [0.1, 0.15) is 17.9 Å². The molecule has 1 aromatic carbocycles. The van der Waals surface area contributed by atoms with Crippen molar-refractivity contribution in [2.75, 3.05) is 44.2 Å². The van der Waals surface area contributed by atoms with Crippen molar-refractivity contribution in [1.29, 1.82) is 0 Å². The Morgan fingerprint density at radius 1 is 1.24 bits per heavy atom. The van der Waals surface area contributed by atoms with Crippen LogP contribution < -0.4 is 9.64 Å². The minimum Gasteiger partial charge on any atom is -0.434 e. The lowest BCUT2D eigenvalue weighted by Crippen LogP contribution is -2.61. The number of aliphatic hydroxyl groups is 1. The molecule has 2 aliphatic heterocycles. The third-order valence-corrected chi connectivity index (χ3v) is 7.89. The summed E-state index contributed by atoms with van der Waals surface area (Å²) in [6.07, 6.45) is 4.27. The standard InChI is InChI=1S/C28H41FN6O3/c1-6-35(20(4)5)27(37)22-14-21(29)9-10-24(22)38-26-25(30-18-31-32-26)33-12-11-28(15-33)16-34(17-28)23(19(2)3)8-7-13-36/h9-10,14,18-20,23,36H,6-8,11-13,15-17H2,1-5H3/t23-/m0/s1. The van der Waals surface area contributed by atoms with E-state index in [0.29, 0.717) is 24.3 Å². The van der Waals surface area contributed by atoms with Gasteiger partial charge in [-0.05, 0) is 64.2 Å². The molecule has 1 amide bonds. The van der Waals surface area contributed by atoms with Crippen LogP contribution in [0, 0.1) is 17.2 Å². The minimum atomic E-state index is -0.507. The first-order valence-electron chi connectivity index (χ1n) is 13.7. The maximum absolute atomic E-state index is 14.2. The summed E-state index contributed by atoms with van der Waals surface area (Å²) in [6.45, 7) is 14.6. The van der Waals surface area contributed by atoms with E-state index >= 15 is 0 Å². The molecule has 2 saturated heterocycles. The van der Waals surface area contributed by atoms with Gasteiger partial charge < -0.3 is 19.6 Å². The number of rotatable bonds is 11. The van der Waals surface area contributed by atoms with Gasteiger partial charge in [0.05, 0.1) is 5.56 Å². The molecule has 10 heteroatoms. The van der Waals surface area contributed by atoms with E-state index in [0.717, 1.165) is 45.4 Å². The predicted molar refractivity (Wildman–Crippen MR) is 144 cm³/mol. The summed E-state index contributed by atoms with van der Waals surface area (Å²) in [5, 5.41) is 17.4. The van der Waals surface area contributed by atoms with Crippen molar-refractivity contribution < 1.29 is 19.0 Å². The zero-order valence-electron chi connectivity index (χ0n) is 23.2. The van der Waals surface area contributed by atoms with Gasteiger partial charge in [-0.3, -0.25) is 9.69 Å². The summed E-state index contributed by atoms with van der Waals surface area (Å²) < 4.78 is 20.3. The van der Waals surface area contributed by atoms with E-state index < -0.39 is 5.82 Å². The number of carbonyl (C=O) groups is 1. The van der Waals surface area contributed by atoms with E-state index in [1.807, 2.05) is 20.8 Å². The van der Waals surface area contributed by atoms with Crippen molar-refractivity contribution in [3.63, 3.8) is 0 Å². The van der Waals surface area contributed by atoms with Gasteiger partial charge in [0.25, 0.3) is 11.8 Å². The van der Waals surface area contributed by atoms with Crippen molar-refractivity contribution in [1.82, 2.24) is 25.0 Å². The highest BCUT2D eigenvalue weighted by Crippen LogP contribution is 2.44. The number of halogens is 1. The first kappa shape index (κ1) is 28.2. The van der Waals surface area contributed by atoms with Gasteiger partial charge in [0.15, 0.2) is 5.82 Å². The molecule has 38 heavy (non-hydrogen) atoms. The number of carbonyl (C=O) groups excluding carboxylic acids is 1. The van der Waals surface area contributed by atoms with Gasteiger partial charge in [0, 0.05) is 56.8 Å². The summed E-state index contributed by atoms with van der Waals surface area (Å²) in [5.74, 6) is 0.742. The lowest BCUT2D eigenvalue weighted by molar-refractivity contribution is -0.0349. The predicted octanol–water partition coefficient (Wildman–Crippen LogP) is 3.98. The number of nitrogens with zero attached hydrogens (tertiary/aromatic N) is 6. The second-order valence-electron chi connectivity index (χ2n) is 11.3. The molecule has 4 rings (SSSR count). The van der Waals surface area contributed by atoms with Crippen molar-refractivity contribution in [3.8, 4) is 11.6 Å². The SMILES string of the molecule is CCN(C(=O)c1cc(F)ccc1Oc1nncnc1N1CCC2(C1)CN([C@@H](CCCO)C(C)C)C2)C(C)C. The van der Waals surface area contributed by atoms with E-state index in [1.54, 1.807) is 4.90 Å². The highest BCUT2D eigenvalue weighted by molar-refractivity contribution is 5.97. The molecular weight excluding hydrogens is 487 g/mol. The number of benzene rings is 1. The molecule has 208 valence electrons. The van der Waals surface area contributed by atoms with E-state index in [2.05, 4.69) is 38.8 Å². The number of aromatic nitrogens is 3. The van der Waals surface area contributed by atoms with Crippen molar-refractivity contribution in [3.05, 3.63) is 35.9 Å². The first-order chi connectivity index (χ1) is 18.2. The third kappa shape index (κ3) is 5.91. The van der Waals surface area contributed by atoms with Gasteiger partial charge in [-0.25, -0.2) is 9.37 Å². The smallest absolute Gasteiger partial charge is 0.282 e.